The lowest BCUT2D eigenvalue weighted by Gasteiger charge is -2.08. The van der Waals surface area contributed by atoms with Crippen molar-refractivity contribution in [2.45, 2.75) is 38.6 Å². The zero-order valence-corrected chi connectivity index (χ0v) is 13.3. The average Bonchev–Trinajstić information content (AvgIpc) is 3.36. The molecule has 0 spiro atoms. The van der Waals surface area contributed by atoms with Crippen LogP contribution in [0.1, 0.15) is 35.6 Å². The molecule has 1 heterocycles. The Morgan fingerprint density at radius 1 is 1.22 bits per heavy atom. The maximum Gasteiger partial charge on any atom is 0.266 e. The van der Waals surface area contributed by atoms with E-state index in [0.29, 0.717) is 25.4 Å². The van der Waals surface area contributed by atoms with E-state index in [-0.39, 0.29) is 11.5 Å². The Labute approximate surface area is 135 Å². The summed E-state index contributed by atoms with van der Waals surface area (Å²) in [5, 5.41) is 7.22. The van der Waals surface area contributed by atoms with Crippen LogP contribution >= 0.6 is 0 Å². The minimum Gasteiger partial charge on any atom is -0.354 e. The van der Waals surface area contributed by atoms with Crippen molar-refractivity contribution in [1.82, 2.24) is 15.1 Å². The largest absolute Gasteiger partial charge is 0.354 e. The Bertz CT molecular complexity index is 746. The maximum atomic E-state index is 11.9. The SMILES string of the molecule is Cc1ccc(CC(=O)NCCn2nc(C3CC3)ccc2=O)cc1. The lowest BCUT2D eigenvalue weighted by Crippen LogP contribution is -2.32. The quantitative estimate of drug-likeness (QED) is 0.884. The Morgan fingerprint density at radius 3 is 2.65 bits per heavy atom. The summed E-state index contributed by atoms with van der Waals surface area (Å²) in [4.78, 5) is 23.7. The molecule has 2 aromatic rings. The molecular formula is C18H21N3O2. The van der Waals surface area contributed by atoms with E-state index in [1.807, 2.05) is 37.3 Å². The summed E-state index contributed by atoms with van der Waals surface area (Å²) in [5.41, 5.74) is 3.02. The molecule has 0 aliphatic heterocycles. The molecule has 1 N–H and O–H groups in total. The lowest BCUT2D eigenvalue weighted by atomic mass is 10.1. The van der Waals surface area contributed by atoms with Crippen LogP contribution in [0.2, 0.25) is 0 Å². The van der Waals surface area contributed by atoms with Gasteiger partial charge in [-0.25, -0.2) is 4.68 Å². The van der Waals surface area contributed by atoms with Gasteiger partial charge in [0.25, 0.3) is 5.56 Å². The van der Waals surface area contributed by atoms with Gasteiger partial charge < -0.3 is 5.32 Å². The second-order valence-electron chi connectivity index (χ2n) is 6.11. The zero-order chi connectivity index (χ0) is 16.2. The van der Waals surface area contributed by atoms with Crippen molar-refractivity contribution in [3.63, 3.8) is 0 Å². The Hall–Kier alpha value is -2.43. The first kappa shape index (κ1) is 15.5. The van der Waals surface area contributed by atoms with E-state index in [0.717, 1.165) is 24.1 Å². The molecule has 1 aromatic carbocycles. The number of amides is 1. The first-order valence-corrected chi connectivity index (χ1v) is 8.02. The molecule has 1 fully saturated rings. The van der Waals surface area contributed by atoms with Crippen LogP contribution in [0.3, 0.4) is 0 Å². The van der Waals surface area contributed by atoms with E-state index in [4.69, 9.17) is 0 Å². The monoisotopic (exact) mass is 311 g/mol. The first-order chi connectivity index (χ1) is 11.1. The van der Waals surface area contributed by atoms with E-state index in [2.05, 4.69) is 10.4 Å². The van der Waals surface area contributed by atoms with Crippen LogP contribution in [-0.2, 0) is 17.8 Å². The molecule has 1 aliphatic carbocycles. The van der Waals surface area contributed by atoms with Crippen molar-refractivity contribution >= 4 is 5.91 Å². The molecule has 1 saturated carbocycles. The van der Waals surface area contributed by atoms with Crippen LogP contribution in [0.25, 0.3) is 0 Å². The second-order valence-corrected chi connectivity index (χ2v) is 6.11. The van der Waals surface area contributed by atoms with Gasteiger partial charge in [-0.3, -0.25) is 9.59 Å². The summed E-state index contributed by atoms with van der Waals surface area (Å²) in [6, 6.07) is 11.3. The summed E-state index contributed by atoms with van der Waals surface area (Å²) in [6.45, 7) is 2.83. The van der Waals surface area contributed by atoms with E-state index >= 15 is 0 Å². The van der Waals surface area contributed by atoms with Crippen molar-refractivity contribution in [2.75, 3.05) is 6.54 Å². The summed E-state index contributed by atoms with van der Waals surface area (Å²) in [5.74, 6) is 0.471. The highest BCUT2D eigenvalue weighted by atomic mass is 16.1. The Morgan fingerprint density at radius 2 is 1.96 bits per heavy atom. The molecule has 5 heteroatoms. The van der Waals surface area contributed by atoms with Crippen LogP contribution in [0, 0.1) is 6.92 Å². The van der Waals surface area contributed by atoms with Gasteiger partial charge >= 0.3 is 0 Å². The predicted octanol–water partition coefficient (Wildman–Crippen LogP) is 1.79. The van der Waals surface area contributed by atoms with E-state index in [1.54, 1.807) is 6.07 Å². The van der Waals surface area contributed by atoms with Crippen molar-refractivity contribution in [3.05, 3.63) is 63.6 Å². The molecule has 0 atom stereocenters. The summed E-state index contributed by atoms with van der Waals surface area (Å²) in [7, 11) is 0. The number of aryl methyl sites for hydroxylation is 1. The number of aromatic nitrogens is 2. The Kier molecular flexibility index (Phi) is 4.55. The molecule has 0 bridgehead atoms. The van der Waals surface area contributed by atoms with Gasteiger partial charge in [0.05, 0.1) is 18.7 Å². The van der Waals surface area contributed by atoms with Crippen LogP contribution < -0.4 is 10.9 Å². The van der Waals surface area contributed by atoms with Crippen LogP contribution in [0.5, 0.6) is 0 Å². The molecular weight excluding hydrogens is 290 g/mol. The zero-order valence-electron chi connectivity index (χ0n) is 13.3. The second kappa shape index (κ2) is 6.77. The average molecular weight is 311 g/mol. The van der Waals surface area contributed by atoms with Gasteiger partial charge in [0.2, 0.25) is 5.91 Å². The molecule has 1 aliphatic rings. The molecule has 120 valence electrons. The molecule has 0 radical (unpaired) electrons. The standard InChI is InChI=1S/C18H21N3O2/c1-13-2-4-14(5-3-13)12-17(22)19-10-11-21-18(23)9-8-16(20-21)15-6-7-15/h2-5,8-9,15H,6-7,10-12H2,1H3,(H,19,22). The van der Waals surface area contributed by atoms with Gasteiger partial charge in [-0.2, -0.15) is 5.10 Å². The number of hydrogen-bond donors (Lipinski definition) is 1. The number of rotatable bonds is 6. The van der Waals surface area contributed by atoms with Crippen molar-refractivity contribution in [2.24, 2.45) is 0 Å². The van der Waals surface area contributed by atoms with Crippen LogP contribution in [-0.4, -0.2) is 22.2 Å². The third-order valence-corrected chi connectivity index (χ3v) is 4.01. The molecule has 1 amide bonds. The molecule has 3 rings (SSSR count). The number of carbonyl (C=O) groups is 1. The number of carbonyl (C=O) groups excluding carboxylic acids is 1. The lowest BCUT2D eigenvalue weighted by molar-refractivity contribution is -0.120. The van der Waals surface area contributed by atoms with Gasteiger partial charge in [0.15, 0.2) is 0 Å². The fourth-order valence-corrected chi connectivity index (χ4v) is 2.48. The summed E-state index contributed by atoms with van der Waals surface area (Å²) in [6.07, 6.45) is 2.65. The number of benzene rings is 1. The van der Waals surface area contributed by atoms with E-state index < -0.39 is 0 Å². The highest BCUT2D eigenvalue weighted by Gasteiger charge is 2.25. The molecule has 0 saturated heterocycles. The highest BCUT2D eigenvalue weighted by molar-refractivity contribution is 5.78. The first-order valence-electron chi connectivity index (χ1n) is 8.02. The predicted molar refractivity (Wildman–Crippen MR) is 88.4 cm³/mol. The fraction of sp³-hybridized carbons (Fsp3) is 0.389. The van der Waals surface area contributed by atoms with Crippen LogP contribution in [0.15, 0.2) is 41.2 Å². The van der Waals surface area contributed by atoms with E-state index in [1.165, 1.54) is 10.2 Å². The van der Waals surface area contributed by atoms with Crippen molar-refractivity contribution in [1.29, 1.82) is 0 Å². The number of nitrogens with one attached hydrogen (secondary N) is 1. The third kappa shape index (κ3) is 4.28. The van der Waals surface area contributed by atoms with Gasteiger partial charge in [-0.05, 0) is 31.4 Å². The Balaban J connectivity index is 1.50. The normalized spacial score (nSPS) is 13.8. The van der Waals surface area contributed by atoms with Crippen molar-refractivity contribution < 1.29 is 4.79 Å². The molecule has 1 aromatic heterocycles. The maximum absolute atomic E-state index is 11.9. The molecule has 0 unspecified atom stereocenters. The minimum atomic E-state index is -0.123. The summed E-state index contributed by atoms with van der Waals surface area (Å²) >= 11 is 0. The number of hydrogen-bond acceptors (Lipinski definition) is 3. The van der Waals surface area contributed by atoms with Gasteiger partial charge in [-0.15, -0.1) is 0 Å². The summed E-state index contributed by atoms with van der Waals surface area (Å²) < 4.78 is 1.44. The van der Waals surface area contributed by atoms with Crippen LogP contribution in [0.4, 0.5) is 0 Å². The fourth-order valence-electron chi connectivity index (χ4n) is 2.48. The number of nitrogens with zero attached hydrogens (tertiary/aromatic N) is 2. The smallest absolute Gasteiger partial charge is 0.266 e. The van der Waals surface area contributed by atoms with E-state index in [9.17, 15) is 9.59 Å². The van der Waals surface area contributed by atoms with Gasteiger partial charge in [0.1, 0.15) is 0 Å². The molecule has 23 heavy (non-hydrogen) atoms. The topological polar surface area (TPSA) is 64.0 Å². The van der Waals surface area contributed by atoms with Gasteiger partial charge in [-0.1, -0.05) is 29.8 Å². The van der Waals surface area contributed by atoms with Crippen molar-refractivity contribution in [3.8, 4) is 0 Å². The molecule has 5 nitrogen and oxygen atoms in total. The minimum absolute atomic E-state index is 0.0414. The van der Waals surface area contributed by atoms with Gasteiger partial charge in [0, 0.05) is 18.5 Å². The highest BCUT2D eigenvalue weighted by Crippen LogP contribution is 2.38. The third-order valence-electron chi connectivity index (χ3n) is 4.01.